The van der Waals surface area contributed by atoms with Crippen LogP contribution in [0.2, 0.25) is 0 Å². The lowest BCUT2D eigenvalue weighted by Gasteiger charge is -2.23. The Balaban J connectivity index is 1.59. The highest BCUT2D eigenvalue weighted by Crippen LogP contribution is 2.49. The third kappa shape index (κ3) is 3.32. The van der Waals surface area contributed by atoms with Gasteiger partial charge in [-0.15, -0.1) is 0 Å². The van der Waals surface area contributed by atoms with E-state index in [0.717, 1.165) is 31.4 Å². The van der Waals surface area contributed by atoms with Crippen LogP contribution in [0.15, 0.2) is 24.3 Å². The highest BCUT2D eigenvalue weighted by molar-refractivity contribution is 5.76. The SMILES string of the molecule is O=C(O)[C@@]12CCC[C@H]1CN(Cc1ccc(OCC(F)F)cc1)C2. The minimum Gasteiger partial charge on any atom is -0.488 e. The Labute approximate surface area is 134 Å². The number of benzene rings is 1. The molecule has 4 nitrogen and oxygen atoms in total. The first-order chi connectivity index (χ1) is 11.0. The molecule has 1 aliphatic carbocycles. The van der Waals surface area contributed by atoms with Crippen molar-refractivity contribution in [1.82, 2.24) is 4.90 Å². The van der Waals surface area contributed by atoms with Crippen LogP contribution in [-0.4, -0.2) is 42.1 Å². The first kappa shape index (κ1) is 16.2. The predicted molar refractivity (Wildman–Crippen MR) is 80.6 cm³/mol. The first-order valence-electron chi connectivity index (χ1n) is 7.95. The standard InChI is InChI=1S/C17H21F2NO3/c18-15(19)10-23-14-5-3-12(4-6-14)8-20-9-13-2-1-7-17(13,11-20)16(21)22/h3-6,13,15H,1-2,7-11H2,(H,21,22)/t13-,17+/m0/s1. The smallest absolute Gasteiger partial charge is 0.311 e. The molecule has 1 heterocycles. The van der Waals surface area contributed by atoms with Gasteiger partial charge in [-0.2, -0.15) is 0 Å². The van der Waals surface area contributed by atoms with Crippen molar-refractivity contribution in [3.05, 3.63) is 29.8 Å². The van der Waals surface area contributed by atoms with Gasteiger partial charge in [0.05, 0.1) is 5.41 Å². The van der Waals surface area contributed by atoms with Gasteiger partial charge in [0.2, 0.25) is 0 Å². The van der Waals surface area contributed by atoms with Crippen molar-refractivity contribution in [3.63, 3.8) is 0 Å². The molecule has 0 bridgehead atoms. The Morgan fingerprint density at radius 3 is 2.74 bits per heavy atom. The van der Waals surface area contributed by atoms with E-state index in [4.69, 9.17) is 4.74 Å². The van der Waals surface area contributed by atoms with E-state index in [9.17, 15) is 18.7 Å². The maximum absolute atomic E-state index is 12.1. The molecule has 0 unspecified atom stereocenters. The second-order valence-corrected chi connectivity index (χ2v) is 6.57. The van der Waals surface area contributed by atoms with Crippen LogP contribution in [0.1, 0.15) is 24.8 Å². The van der Waals surface area contributed by atoms with Crippen molar-refractivity contribution in [1.29, 1.82) is 0 Å². The number of hydrogen-bond acceptors (Lipinski definition) is 3. The van der Waals surface area contributed by atoms with Crippen molar-refractivity contribution >= 4 is 5.97 Å². The number of ether oxygens (including phenoxy) is 1. The van der Waals surface area contributed by atoms with Crippen LogP contribution in [0.5, 0.6) is 5.75 Å². The van der Waals surface area contributed by atoms with Gasteiger partial charge in [0, 0.05) is 19.6 Å². The topological polar surface area (TPSA) is 49.8 Å². The Bertz CT molecular complexity index is 563. The number of rotatable bonds is 6. The van der Waals surface area contributed by atoms with Crippen LogP contribution >= 0.6 is 0 Å². The van der Waals surface area contributed by atoms with Crippen molar-refractivity contribution in [2.24, 2.45) is 11.3 Å². The van der Waals surface area contributed by atoms with Gasteiger partial charge >= 0.3 is 5.97 Å². The molecule has 1 aromatic carbocycles. The normalized spacial score (nSPS) is 27.3. The molecule has 1 saturated heterocycles. The van der Waals surface area contributed by atoms with Crippen molar-refractivity contribution in [3.8, 4) is 5.75 Å². The van der Waals surface area contributed by atoms with Gasteiger partial charge in [-0.3, -0.25) is 9.69 Å². The van der Waals surface area contributed by atoms with Crippen LogP contribution in [0.25, 0.3) is 0 Å². The van der Waals surface area contributed by atoms with Gasteiger partial charge in [-0.05, 0) is 36.5 Å². The molecule has 0 amide bonds. The van der Waals surface area contributed by atoms with Gasteiger partial charge < -0.3 is 9.84 Å². The molecule has 0 spiro atoms. The average Bonchev–Trinajstić information content (AvgIpc) is 3.04. The monoisotopic (exact) mass is 325 g/mol. The number of carboxylic acid groups (broad SMARTS) is 1. The second kappa shape index (κ2) is 6.43. The fourth-order valence-corrected chi connectivity index (χ4v) is 3.97. The number of halogens is 2. The van der Waals surface area contributed by atoms with Gasteiger partial charge in [-0.1, -0.05) is 18.6 Å². The van der Waals surface area contributed by atoms with E-state index >= 15 is 0 Å². The fourth-order valence-electron chi connectivity index (χ4n) is 3.97. The molecular formula is C17H21F2NO3. The zero-order valence-corrected chi connectivity index (χ0v) is 12.9. The Morgan fingerprint density at radius 1 is 1.39 bits per heavy atom. The number of hydrogen-bond donors (Lipinski definition) is 1. The summed E-state index contributed by atoms with van der Waals surface area (Å²) in [6.45, 7) is 1.49. The van der Waals surface area contributed by atoms with Crippen LogP contribution < -0.4 is 4.74 Å². The summed E-state index contributed by atoms with van der Waals surface area (Å²) in [6, 6.07) is 7.06. The number of fused-ring (bicyclic) bond motifs is 1. The molecule has 6 heteroatoms. The minimum atomic E-state index is -2.48. The predicted octanol–water partition coefficient (Wildman–Crippen LogP) is 3.02. The molecule has 23 heavy (non-hydrogen) atoms. The van der Waals surface area contributed by atoms with E-state index in [1.54, 1.807) is 12.1 Å². The number of likely N-dealkylation sites (tertiary alicyclic amines) is 1. The van der Waals surface area contributed by atoms with Crippen molar-refractivity contribution < 1.29 is 23.4 Å². The van der Waals surface area contributed by atoms with E-state index in [0.29, 0.717) is 18.8 Å². The molecule has 2 aliphatic rings. The van der Waals surface area contributed by atoms with Gasteiger partial charge in [0.1, 0.15) is 12.4 Å². The number of carboxylic acids is 1. The zero-order valence-electron chi connectivity index (χ0n) is 12.9. The van der Waals surface area contributed by atoms with E-state index in [2.05, 4.69) is 4.90 Å². The highest BCUT2D eigenvalue weighted by atomic mass is 19.3. The summed E-state index contributed by atoms with van der Waals surface area (Å²) < 4.78 is 29.2. The summed E-state index contributed by atoms with van der Waals surface area (Å²) in [5.74, 6) is 0.00115. The van der Waals surface area contributed by atoms with E-state index in [1.165, 1.54) is 0 Å². The lowest BCUT2D eigenvalue weighted by atomic mass is 9.81. The van der Waals surface area contributed by atoms with Crippen molar-refractivity contribution in [2.75, 3.05) is 19.7 Å². The van der Waals surface area contributed by atoms with E-state index in [1.807, 2.05) is 12.1 Å². The number of aliphatic carboxylic acids is 1. The van der Waals surface area contributed by atoms with E-state index < -0.39 is 24.4 Å². The van der Waals surface area contributed by atoms with Crippen LogP contribution in [0.4, 0.5) is 8.78 Å². The summed E-state index contributed by atoms with van der Waals surface area (Å²) in [6.07, 6.45) is 0.277. The molecule has 0 radical (unpaired) electrons. The molecular weight excluding hydrogens is 304 g/mol. The van der Waals surface area contributed by atoms with Gasteiger partial charge in [0.25, 0.3) is 6.43 Å². The maximum Gasteiger partial charge on any atom is 0.311 e. The summed E-state index contributed by atoms with van der Waals surface area (Å²) >= 11 is 0. The van der Waals surface area contributed by atoms with Gasteiger partial charge in [0.15, 0.2) is 0 Å². The lowest BCUT2D eigenvalue weighted by Crippen LogP contribution is -2.35. The molecule has 2 fully saturated rings. The molecule has 2 atom stereocenters. The molecule has 1 N–H and O–H groups in total. The number of nitrogens with zero attached hydrogens (tertiary/aromatic N) is 1. The van der Waals surface area contributed by atoms with Gasteiger partial charge in [-0.25, -0.2) is 8.78 Å². The largest absolute Gasteiger partial charge is 0.488 e. The fraction of sp³-hybridized carbons (Fsp3) is 0.588. The minimum absolute atomic E-state index is 0.244. The Morgan fingerprint density at radius 2 is 2.13 bits per heavy atom. The van der Waals surface area contributed by atoms with E-state index in [-0.39, 0.29) is 5.92 Å². The molecule has 1 aromatic rings. The van der Waals surface area contributed by atoms with Crippen LogP contribution in [0, 0.1) is 11.3 Å². The van der Waals surface area contributed by atoms with Crippen LogP contribution in [-0.2, 0) is 11.3 Å². The number of alkyl halides is 2. The summed E-state index contributed by atoms with van der Waals surface area (Å²) in [7, 11) is 0. The average molecular weight is 325 g/mol. The maximum atomic E-state index is 12.1. The van der Waals surface area contributed by atoms with Crippen LogP contribution in [0.3, 0.4) is 0 Å². The third-order valence-electron chi connectivity index (χ3n) is 5.07. The number of carbonyl (C=O) groups is 1. The first-order valence-corrected chi connectivity index (χ1v) is 7.95. The lowest BCUT2D eigenvalue weighted by molar-refractivity contribution is -0.149. The second-order valence-electron chi connectivity index (χ2n) is 6.57. The third-order valence-corrected chi connectivity index (χ3v) is 5.07. The molecule has 3 rings (SSSR count). The summed E-state index contributed by atoms with van der Waals surface area (Å²) in [4.78, 5) is 13.9. The zero-order chi connectivity index (χ0) is 16.4. The Hall–Kier alpha value is -1.69. The summed E-state index contributed by atoms with van der Waals surface area (Å²) in [5, 5.41) is 9.59. The Kier molecular flexibility index (Phi) is 4.53. The highest BCUT2D eigenvalue weighted by Gasteiger charge is 2.54. The molecule has 1 saturated carbocycles. The molecule has 126 valence electrons. The quantitative estimate of drug-likeness (QED) is 0.873. The van der Waals surface area contributed by atoms with Crippen molar-refractivity contribution in [2.45, 2.75) is 32.2 Å². The molecule has 0 aromatic heterocycles. The molecule has 1 aliphatic heterocycles. The summed E-state index contributed by atoms with van der Waals surface area (Å²) in [5.41, 5.74) is 0.468.